The van der Waals surface area contributed by atoms with Crippen LogP contribution in [0.3, 0.4) is 0 Å². The van der Waals surface area contributed by atoms with Gasteiger partial charge in [0.15, 0.2) is 0 Å². The number of nitrogens with zero attached hydrogens (tertiary/aromatic N) is 1. The van der Waals surface area contributed by atoms with E-state index in [4.69, 9.17) is 5.26 Å². The number of benzene rings is 1. The Hall–Kier alpha value is -1.89. The zero-order valence-electron chi connectivity index (χ0n) is 9.90. The summed E-state index contributed by atoms with van der Waals surface area (Å²) in [5.74, 6) is -0.486. The summed E-state index contributed by atoms with van der Waals surface area (Å²) in [6.07, 6.45) is 0.158. The Labute approximate surface area is 100 Å². The Balaban J connectivity index is 2.55. The Morgan fingerprint density at radius 3 is 2.47 bits per heavy atom. The highest BCUT2D eigenvalue weighted by molar-refractivity contribution is 5.79. The van der Waals surface area contributed by atoms with Crippen LogP contribution >= 0.6 is 0 Å². The fourth-order valence-electron chi connectivity index (χ4n) is 1.36. The minimum atomic E-state index is -0.483. The zero-order valence-corrected chi connectivity index (χ0v) is 9.90. The first kappa shape index (κ1) is 13.2. The van der Waals surface area contributed by atoms with Crippen molar-refractivity contribution in [1.82, 2.24) is 5.32 Å². The summed E-state index contributed by atoms with van der Waals surface area (Å²) in [7, 11) is 0. The Morgan fingerprint density at radius 2 is 2.00 bits per heavy atom. The predicted octanol–water partition coefficient (Wildman–Crippen LogP) is 2.03. The van der Waals surface area contributed by atoms with Crippen molar-refractivity contribution < 1.29 is 9.18 Å². The summed E-state index contributed by atoms with van der Waals surface area (Å²) >= 11 is 0. The highest BCUT2D eigenvalue weighted by Crippen LogP contribution is 2.05. The first-order valence-electron chi connectivity index (χ1n) is 5.46. The molecule has 90 valence electrons. The smallest absolute Gasteiger partial charge is 0.225 e. The zero-order chi connectivity index (χ0) is 12.8. The molecule has 0 heterocycles. The molecular weight excluding hydrogens is 219 g/mol. The van der Waals surface area contributed by atoms with Crippen molar-refractivity contribution in [2.75, 3.05) is 0 Å². The number of halogens is 1. The van der Waals surface area contributed by atoms with E-state index in [1.54, 1.807) is 12.1 Å². The van der Waals surface area contributed by atoms with Gasteiger partial charge >= 0.3 is 0 Å². The Kier molecular flexibility index (Phi) is 4.65. The molecule has 4 heteroatoms. The van der Waals surface area contributed by atoms with Gasteiger partial charge < -0.3 is 5.32 Å². The molecule has 0 saturated heterocycles. The highest BCUT2D eigenvalue weighted by atomic mass is 19.1. The topological polar surface area (TPSA) is 52.9 Å². The van der Waals surface area contributed by atoms with Crippen molar-refractivity contribution >= 4 is 5.91 Å². The molecule has 0 bridgehead atoms. The Bertz CT molecular complexity index is 420. The number of nitriles is 1. The standard InChI is InChI=1S/C13H15FN2O/c1-9(2)12(8-15)16-13(17)7-10-3-5-11(14)6-4-10/h3-6,9,12H,7H2,1-2H3,(H,16,17). The molecule has 1 aromatic rings. The number of carbonyl (C=O) groups is 1. The molecule has 3 nitrogen and oxygen atoms in total. The molecule has 1 N–H and O–H groups in total. The van der Waals surface area contributed by atoms with Gasteiger partial charge in [-0.25, -0.2) is 4.39 Å². The minimum Gasteiger partial charge on any atom is -0.340 e. The maximum Gasteiger partial charge on any atom is 0.225 e. The van der Waals surface area contributed by atoms with Gasteiger partial charge in [-0.05, 0) is 23.6 Å². The molecule has 1 amide bonds. The van der Waals surface area contributed by atoms with E-state index < -0.39 is 6.04 Å². The van der Waals surface area contributed by atoms with Crippen LogP contribution in [0.15, 0.2) is 24.3 Å². The maximum absolute atomic E-state index is 12.7. The second-order valence-corrected chi connectivity index (χ2v) is 4.22. The third-order valence-electron chi connectivity index (χ3n) is 2.40. The van der Waals surface area contributed by atoms with Gasteiger partial charge in [-0.3, -0.25) is 4.79 Å². The van der Waals surface area contributed by atoms with Gasteiger partial charge in [-0.1, -0.05) is 26.0 Å². The minimum absolute atomic E-state index is 0.0668. The van der Waals surface area contributed by atoms with Gasteiger partial charge in [-0.15, -0.1) is 0 Å². The fraction of sp³-hybridized carbons (Fsp3) is 0.385. The fourth-order valence-corrected chi connectivity index (χ4v) is 1.36. The Morgan fingerprint density at radius 1 is 1.41 bits per heavy atom. The maximum atomic E-state index is 12.7. The summed E-state index contributed by atoms with van der Waals surface area (Å²) in [6.45, 7) is 3.73. The summed E-state index contributed by atoms with van der Waals surface area (Å²) in [5.41, 5.74) is 0.726. The average molecular weight is 234 g/mol. The molecule has 0 aliphatic carbocycles. The lowest BCUT2D eigenvalue weighted by Gasteiger charge is -2.14. The van der Waals surface area contributed by atoms with Gasteiger partial charge in [0, 0.05) is 0 Å². The average Bonchev–Trinajstić information content (AvgIpc) is 2.28. The molecule has 0 spiro atoms. The van der Waals surface area contributed by atoms with Crippen LogP contribution in [0.1, 0.15) is 19.4 Å². The number of hydrogen-bond acceptors (Lipinski definition) is 2. The van der Waals surface area contributed by atoms with Gasteiger partial charge in [-0.2, -0.15) is 5.26 Å². The van der Waals surface area contributed by atoms with Crippen LogP contribution in [0.5, 0.6) is 0 Å². The first-order valence-corrected chi connectivity index (χ1v) is 5.46. The summed E-state index contributed by atoms with van der Waals surface area (Å²) in [4.78, 5) is 11.6. The third-order valence-corrected chi connectivity index (χ3v) is 2.40. The lowest BCUT2D eigenvalue weighted by molar-refractivity contribution is -0.121. The van der Waals surface area contributed by atoms with Gasteiger partial charge in [0.25, 0.3) is 0 Å². The van der Waals surface area contributed by atoms with E-state index in [1.807, 2.05) is 19.9 Å². The molecule has 0 aliphatic rings. The molecule has 0 aromatic heterocycles. The van der Waals surface area contributed by atoms with Crippen molar-refractivity contribution in [2.24, 2.45) is 5.92 Å². The van der Waals surface area contributed by atoms with Crippen LogP contribution < -0.4 is 5.32 Å². The SMILES string of the molecule is CC(C)C(C#N)NC(=O)Cc1ccc(F)cc1. The van der Waals surface area contributed by atoms with E-state index in [1.165, 1.54) is 12.1 Å². The van der Waals surface area contributed by atoms with Crippen LogP contribution in [-0.2, 0) is 11.2 Å². The largest absolute Gasteiger partial charge is 0.340 e. The lowest BCUT2D eigenvalue weighted by atomic mass is 10.1. The van der Waals surface area contributed by atoms with Crippen LogP contribution in [-0.4, -0.2) is 11.9 Å². The molecule has 0 aliphatic heterocycles. The van der Waals surface area contributed by atoms with Gasteiger partial charge in [0.05, 0.1) is 12.5 Å². The quantitative estimate of drug-likeness (QED) is 0.866. The van der Waals surface area contributed by atoms with E-state index in [9.17, 15) is 9.18 Å². The highest BCUT2D eigenvalue weighted by Gasteiger charge is 2.15. The molecule has 0 radical (unpaired) electrons. The van der Waals surface area contributed by atoms with E-state index in [0.717, 1.165) is 5.56 Å². The van der Waals surface area contributed by atoms with E-state index in [0.29, 0.717) is 0 Å². The van der Waals surface area contributed by atoms with Crippen molar-refractivity contribution in [2.45, 2.75) is 26.3 Å². The van der Waals surface area contributed by atoms with Crippen LogP contribution in [0, 0.1) is 23.1 Å². The van der Waals surface area contributed by atoms with Crippen molar-refractivity contribution in [3.63, 3.8) is 0 Å². The molecule has 1 unspecified atom stereocenters. The third kappa shape index (κ3) is 4.23. The van der Waals surface area contributed by atoms with Crippen LogP contribution in [0.25, 0.3) is 0 Å². The number of hydrogen-bond donors (Lipinski definition) is 1. The van der Waals surface area contributed by atoms with Crippen LogP contribution in [0.2, 0.25) is 0 Å². The van der Waals surface area contributed by atoms with Crippen LogP contribution in [0.4, 0.5) is 4.39 Å². The molecule has 1 atom stereocenters. The van der Waals surface area contributed by atoms with Gasteiger partial charge in [0.1, 0.15) is 11.9 Å². The molecule has 1 rings (SSSR count). The van der Waals surface area contributed by atoms with Crippen molar-refractivity contribution in [1.29, 1.82) is 5.26 Å². The summed E-state index contributed by atoms with van der Waals surface area (Å²) in [5, 5.41) is 11.5. The second-order valence-electron chi connectivity index (χ2n) is 4.22. The number of amides is 1. The number of rotatable bonds is 4. The monoisotopic (exact) mass is 234 g/mol. The molecule has 0 saturated carbocycles. The second kappa shape index (κ2) is 6.00. The van der Waals surface area contributed by atoms with E-state index >= 15 is 0 Å². The van der Waals surface area contributed by atoms with E-state index in [2.05, 4.69) is 5.32 Å². The molecule has 1 aromatic carbocycles. The summed E-state index contributed by atoms with van der Waals surface area (Å²) in [6, 6.07) is 7.30. The normalized spacial score (nSPS) is 11.9. The van der Waals surface area contributed by atoms with Gasteiger partial charge in [0.2, 0.25) is 5.91 Å². The van der Waals surface area contributed by atoms with E-state index in [-0.39, 0.29) is 24.1 Å². The predicted molar refractivity (Wildman–Crippen MR) is 62.5 cm³/mol. The first-order chi connectivity index (χ1) is 8.02. The molecule has 17 heavy (non-hydrogen) atoms. The van der Waals surface area contributed by atoms with Crippen molar-refractivity contribution in [3.8, 4) is 6.07 Å². The van der Waals surface area contributed by atoms with Crippen molar-refractivity contribution in [3.05, 3.63) is 35.6 Å². The molecular formula is C13H15FN2O. The molecule has 0 fully saturated rings. The number of carbonyl (C=O) groups excluding carboxylic acids is 1. The lowest BCUT2D eigenvalue weighted by Crippen LogP contribution is -2.38. The summed E-state index contributed by atoms with van der Waals surface area (Å²) < 4.78 is 12.7. The number of nitrogens with one attached hydrogen (secondary N) is 1.